The van der Waals surface area contributed by atoms with E-state index in [9.17, 15) is 0 Å². The van der Waals surface area contributed by atoms with Gasteiger partial charge < -0.3 is 5.32 Å². The zero-order valence-corrected chi connectivity index (χ0v) is 11.4. The second-order valence-corrected chi connectivity index (χ2v) is 4.92. The van der Waals surface area contributed by atoms with Crippen LogP contribution in [0.25, 0.3) is 17.7 Å². The monoisotopic (exact) mass is 267 g/mol. The van der Waals surface area contributed by atoms with E-state index >= 15 is 0 Å². The van der Waals surface area contributed by atoms with E-state index in [2.05, 4.69) is 53.9 Å². The number of allylic oxidation sites excluding steroid dienone is 2. The maximum atomic E-state index is 6.21. The van der Waals surface area contributed by atoms with Crippen LogP contribution in [0, 0.1) is 0 Å². The Hall–Kier alpha value is -1.99. The van der Waals surface area contributed by atoms with Gasteiger partial charge in [-0.25, -0.2) is 0 Å². The lowest BCUT2D eigenvalue weighted by Crippen LogP contribution is -1.89. The van der Waals surface area contributed by atoms with Gasteiger partial charge in [-0.15, -0.1) is 0 Å². The zero-order chi connectivity index (χ0) is 13.2. The summed E-state index contributed by atoms with van der Waals surface area (Å²) >= 11 is 6.21. The Labute approximate surface area is 118 Å². The van der Waals surface area contributed by atoms with Gasteiger partial charge >= 0.3 is 0 Å². The third-order valence-corrected chi connectivity index (χ3v) is 3.61. The summed E-state index contributed by atoms with van der Waals surface area (Å²) in [7, 11) is 1.87. The minimum atomic E-state index is 0.743. The number of benzene rings is 2. The quantitative estimate of drug-likeness (QED) is 0.812. The molecule has 0 bridgehead atoms. The fourth-order valence-electron chi connectivity index (χ4n) is 2.30. The molecule has 0 saturated heterocycles. The summed E-state index contributed by atoms with van der Waals surface area (Å²) in [4.78, 5) is 0. The SMILES string of the molecule is CNc1ccc(/C=C2/C=Cc3ccccc32)cc1Cl. The first-order valence-corrected chi connectivity index (χ1v) is 6.62. The molecule has 19 heavy (non-hydrogen) atoms. The molecule has 1 nitrogen and oxygen atoms in total. The van der Waals surface area contributed by atoms with Crippen molar-refractivity contribution in [1.82, 2.24) is 0 Å². The molecule has 0 unspecified atom stereocenters. The van der Waals surface area contributed by atoms with Crippen LogP contribution in [-0.2, 0) is 0 Å². The van der Waals surface area contributed by atoms with E-state index in [1.807, 2.05) is 19.2 Å². The highest BCUT2D eigenvalue weighted by Gasteiger charge is 2.09. The molecule has 1 aliphatic rings. The molecule has 0 amide bonds. The van der Waals surface area contributed by atoms with Crippen molar-refractivity contribution in [3.63, 3.8) is 0 Å². The molecular weight excluding hydrogens is 254 g/mol. The molecule has 0 fully saturated rings. The third-order valence-electron chi connectivity index (χ3n) is 3.30. The first-order valence-electron chi connectivity index (χ1n) is 6.24. The first kappa shape index (κ1) is 12.1. The average molecular weight is 268 g/mol. The molecule has 0 heterocycles. The Balaban J connectivity index is 2.00. The van der Waals surface area contributed by atoms with Crippen LogP contribution >= 0.6 is 11.6 Å². The number of nitrogens with one attached hydrogen (secondary N) is 1. The number of hydrogen-bond donors (Lipinski definition) is 1. The number of hydrogen-bond acceptors (Lipinski definition) is 1. The molecule has 0 spiro atoms. The van der Waals surface area contributed by atoms with Crippen LogP contribution in [0.2, 0.25) is 5.02 Å². The maximum absolute atomic E-state index is 6.21. The lowest BCUT2D eigenvalue weighted by atomic mass is 10.0. The van der Waals surface area contributed by atoms with Crippen molar-refractivity contribution in [2.24, 2.45) is 0 Å². The largest absolute Gasteiger partial charge is 0.387 e. The molecule has 0 saturated carbocycles. The van der Waals surface area contributed by atoms with Crippen molar-refractivity contribution in [2.45, 2.75) is 0 Å². The molecular formula is C17H14ClN. The third kappa shape index (κ3) is 2.29. The molecule has 0 aromatic heterocycles. The highest BCUT2D eigenvalue weighted by atomic mass is 35.5. The maximum Gasteiger partial charge on any atom is 0.0643 e. The second-order valence-electron chi connectivity index (χ2n) is 4.51. The molecule has 1 aliphatic carbocycles. The second kappa shape index (κ2) is 4.94. The van der Waals surface area contributed by atoms with Gasteiger partial charge in [-0.2, -0.15) is 0 Å². The van der Waals surface area contributed by atoms with Gasteiger partial charge in [0.15, 0.2) is 0 Å². The normalized spacial score (nSPS) is 14.7. The molecule has 0 radical (unpaired) electrons. The van der Waals surface area contributed by atoms with Crippen LogP contribution < -0.4 is 5.32 Å². The van der Waals surface area contributed by atoms with Crippen LogP contribution in [0.4, 0.5) is 5.69 Å². The minimum Gasteiger partial charge on any atom is -0.387 e. The van der Waals surface area contributed by atoms with Gasteiger partial charge in [0, 0.05) is 7.05 Å². The summed E-state index contributed by atoms with van der Waals surface area (Å²) in [6.45, 7) is 0. The van der Waals surface area contributed by atoms with Gasteiger partial charge in [0.05, 0.1) is 10.7 Å². The van der Waals surface area contributed by atoms with Gasteiger partial charge in [-0.05, 0) is 40.5 Å². The molecule has 2 aromatic carbocycles. The van der Waals surface area contributed by atoms with Crippen LogP contribution in [0.3, 0.4) is 0 Å². The Bertz CT molecular complexity index is 683. The van der Waals surface area contributed by atoms with E-state index in [0.29, 0.717) is 0 Å². The Morgan fingerprint density at radius 3 is 2.68 bits per heavy atom. The van der Waals surface area contributed by atoms with Crippen LogP contribution in [0.1, 0.15) is 16.7 Å². The summed E-state index contributed by atoms with van der Waals surface area (Å²) in [5, 5.41) is 3.81. The number of anilines is 1. The predicted molar refractivity (Wildman–Crippen MR) is 84.3 cm³/mol. The van der Waals surface area contributed by atoms with E-state index in [0.717, 1.165) is 16.3 Å². The standard InChI is InChI=1S/C17H14ClN/c1-19-17-9-6-12(11-16(17)18)10-14-8-7-13-4-2-3-5-15(13)14/h2-11,19H,1H3/b14-10-. The highest BCUT2D eigenvalue weighted by molar-refractivity contribution is 6.33. The predicted octanol–water partition coefficient (Wildman–Crippen LogP) is 4.95. The molecule has 1 N–H and O–H groups in total. The van der Waals surface area contributed by atoms with Gasteiger partial charge in [0.1, 0.15) is 0 Å². The molecule has 0 aliphatic heterocycles. The number of fused-ring (bicyclic) bond motifs is 1. The summed E-state index contributed by atoms with van der Waals surface area (Å²) in [6.07, 6.45) is 6.45. The van der Waals surface area contributed by atoms with Gasteiger partial charge in [0.25, 0.3) is 0 Å². The Morgan fingerprint density at radius 2 is 1.89 bits per heavy atom. The van der Waals surface area contributed by atoms with Crippen molar-refractivity contribution < 1.29 is 0 Å². The summed E-state index contributed by atoms with van der Waals surface area (Å²) in [5.41, 5.74) is 5.83. The van der Waals surface area contributed by atoms with E-state index in [1.165, 1.54) is 16.7 Å². The lowest BCUT2D eigenvalue weighted by Gasteiger charge is -2.05. The van der Waals surface area contributed by atoms with Crippen LogP contribution in [0.15, 0.2) is 48.5 Å². The van der Waals surface area contributed by atoms with E-state index < -0.39 is 0 Å². The minimum absolute atomic E-state index is 0.743. The summed E-state index contributed by atoms with van der Waals surface area (Å²) < 4.78 is 0. The Morgan fingerprint density at radius 1 is 1.05 bits per heavy atom. The lowest BCUT2D eigenvalue weighted by molar-refractivity contribution is 1.50. The summed E-state index contributed by atoms with van der Waals surface area (Å²) in [5.74, 6) is 0. The molecule has 2 heteroatoms. The highest BCUT2D eigenvalue weighted by Crippen LogP contribution is 2.31. The topological polar surface area (TPSA) is 12.0 Å². The first-order chi connectivity index (χ1) is 9.28. The molecule has 2 aromatic rings. The van der Waals surface area contributed by atoms with Crippen molar-refractivity contribution in [3.05, 3.63) is 70.3 Å². The van der Waals surface area contributed by atoms with Crippen LogP contribution in [0.5, 0.6) is 0 Å². The van der Waals surface area contributed by atoms with Crippen molar-refractivity contribution in [1.29, 1.82) is 0 Å². The van der Waals surface area contributed by atoms with Crippen molar-refractivity contribution >= 4 is 35.0 Å². The molecule has 94 valence electrons. The van der Waals surface area contributed by atoms with E-state index in [1.54, 1.807) is 0 Å². The number of halogens is 1. The van der Waals surface area contributed by atoms with E-state index in [-0.39, 0.29) is 0 Å². The smallest absolute Gasteiger partial charge is 0.0643 e. The fraction of sp³-hybridized carbons (Fsp3) is 0.0588. The average Bonchev–Trinajstić information content (AvgIpc) is 2.83. The van der Waals surface area contributed by atoms with Gasteiger partial charge in [-0.1, -0.05) is 54.1 Å². The Kier molecular flexibility index (Phi) is 3.14. The molecule has 3 rings (SSSR count). The van der Waals surface area contributed by atoms with Crippen molar-refractivity contribution in [2.75, 3.05) is 12.4 Å². The summed E-state index contributed by atoms with van der Waals surface area (Å²) in [6, 6.07) is 14.4. The van der Waals surface area contributed by atoms with Gasteiger partial charge in [-0.3, -0.25) is 0 Å². The van der Waals surface area contributed by atoms with Gasteiger partial charge in [0.2, 0.25) is 0 Å². The fourth-order valence-corrected chi connectivity index (χ4v) is 2.59. The van der Waals surface area contributed by atoms with E-state index in [4.69, 9.17) is 11.6 Å². The van der Waals surface area contributed by atoms with Crippen LogP contribution in [-0.4, -0.2) is 7.05 Å². The zero-order valence-electron chi connectivity index (χ0n) is 10.7. The van der Waals surface area contributed by atoms with Crippen molar-refractivity contribution in [3.8, 4) is 0 Å². The number of rotatable bonds is 2. The molecule has 0 atom stereocenters.